The van der Waals surface area contributed by atoms with Gasteiger partial charge in [0.05, 0.1) is 5.75 Å². The van der Waals surface area contributed by atoms with Gasteiger partial charge in [-0.25, -0.2) is 9.78 Å². The molecule has 0 saturated heterocycles. The normalized spacial score (nSPS) is 11.5. The largest absolute Gasteiger partial charge is 0.330 e. The molecular formula is C23H29N7O2S. The Kier molecular flexibility index (Phi) is 7.12. The zero-order valence-corrected chi connectivity index (χ0v) is 20.1. The van der Waals surface area contributed by atoms with Gasteiger partial charge in [0, 0.05) is 26.1 Å². The average molecular weight is 468 g/mol. The second-order valence-corrected chi connectivity index (χ2v) is 8.75. The highest BCUT2D eigenvalue weighted by molar-refractivity contribution is 7.98. The third-order valence-electron chi connectivity index (χ3n) is 5.66. The van der Waals surface area contributed by atoms with Crippen molar-refractivity contribution in [2.24, 2.45) is 0 Å². The molecular weight excluding hydrogens is 438 g/mol. The van der Waals surface area contributed by atoms with E-state index in [1.54, 1.807) is 16.3 Å². The number of nitrogens with zero attached hydrogens (tertiary/aromatic N) is 6. The molecule has 0 amide bonds. The van der Waals surface area contributed by atoms with Crippen LogP contribution in [0.4, 0.5) is 0 Å². The molecule has 33 heavy (non-hydrogen) atoms. The highest BCUT2D eigenvalue weighted by atomic mass is 32.2. The van der Waals surface area contributed by atoms with E-state index >= 15 is 0 Å². The lowest BCUT2D eigenvalue weighted by molar-refractivity contribution is 0.613. The first-order chi connectivity index (χ1) is 16.1. The van der Waals surface area contributed by atoms with Crippen LogP contribution in [0.15, 0.2) is 45.1 Å². The Bertz CT molecular complexity index is 1350. The zero-order chi connectivity index (χ0) is 23.4. The number of benzene rings is 1. The maximum absolute atomic E-state index is 12.6. The molecule has 1 N–H and O–H groups in total. The van der Waals surface area contributed by atoms with Crippen molar-refractivity contribution < 1.29 is 0 Å². The van der Waals surface area contributed by atoms with Crippen LogP contribution in [0.3, 0.4) is 0 Å². The molecule has 0 bridgehead atoms. The lowest BCUT2D eigenvalue weighted by Crippen LogP contribution is -2.31. The van der Waals surface area contributed by atoms with Crippen molar-refractivity contribution in [2.45, 2.75) is 70.6 Å². The Morgan fingerprint density at radius 2 is 1.70 bits per heavy atom. The van der Waals surface area contributed by atoms with E-state index in [0.29, 0.717) is 30.0 Å². The molecule has 0 unspecified atom stereocenters. The van der Waals surface area contributed by atoms with E-state index < -0.39 is 11.2 Å². The number of thioether (sulfide) groups is 1. The highest BCUT2D eigenvalue weighted by Gasteiger charge is 2.19. The van der Waals surface area contributed by atoms with E-state index in [0.717, 1.165) is 42.6 Å². The van der Waals surface area contributed by atoms with Crippen LogP contribution in [-0.2, 0) is 31.8 Å². The number of rotatable bonds is 10. The summed E-state index contributed by atoms with van der Waals surface area (Å²) < 4.78 is 5.58. The number of hydrogen-bond acceptors (Lipinski definition) is 6. The third kappa shape index (κ3) is 4.66. The smallest absolute Gasteiger partial charge is 0.322 e. The summed E-state index contributed by atoms with van der Waals surface area (Å²) in [5.74, 6) is 2.18. The van der Waals surface area contributed by atoms with Gasteiger partial charge < -0.3 is 9.13 Å². The molecule has 0 atom stereocenters. The first-order valence-electron chi connectivity index (χ1n) is 11.4. The fraction of sp³-hybridized carbons (Fsp3) is 0.435. The second kappa shape index (κ2) is 10.2. The van der Waals surface area contributed by atoms with Crippen LogP contribution in [0, 0.1) is 0 Å². The fourth-order valence-corrected chi connectivity index (χ4v) is 4.94. The van der Waals surface area contributed by atoms with Crippen LogP contribution < -0.4 is 11.2 Å². The van der Waals surface area contributed by atoms with Crippen molar-refractivity contribution in [3.05, 3.63) is 68.4 Å². The van der Waals surface area contributed by atoms with Gasteiger partial charge in [0.15, 0.2) is 16.3 Å². The summed E-state index contributed by atoms with van der Waals surface area (Å²) in [6.45, 7) is 8.00. The van der Waals surface area contributed by atoms with Crippen LogP contribution in [0.5, 0.6) is 0 Å². The number of aryl methyl sites for hydroxylation is 2. The van der Waals surface area contributed by atoms with Gasteiger partial charge in [-0.3, -0.25) is 14.3 Å². The number of nitrogens with one attached hydrogen (secondary N) is 1. The predicted molar refractivity (Wildman–Crippen MR) is 130 cm³/mol. The number of imidazole rings is 1. The Labute approximate surface area is 195 Å². The molecule has 3 aromatic heterocycles. The van der Waals surface area contributed by atoms with E-state index in [4.69, 9.17) is 4.98 Å². The van der Waals surface area contributed by atoms with Gasteiger partial charge in [0.2, 0.25) is 0 Å². The SMILES string of the molecule is CCCCn1c(=O)[nH]c(=O)c2c1nc(CSc1nnc(Cc3ccccc3)n1CC)n2CC. The van der Waals surface area contributed by atoms with Gasteiger partial charge in [0.1, 0.15) is 11.6 Å². The van der Waals surface area contributed by atoms with Gasteiger partial charge in [-0.1, -0.05) is 55.4 Å². The Morgan fingerprint density at radius 3 is 2.39 bits per heavy atom. The van der Waals surface area contributed by atoms with E-state index in [1.165, 1.54) is 5.56 Å². The monoisotopic (exact) mass is 467 g/mol. The molecule has 9 nitrogen and oxygen atoms in total. The molecule has 0 radical (unpaired) electrons. The van der Waals surface area contributed by atoms with Crippen LogP contribution in [0.25, 0.3) is 11.2 Å². The lowest BCUT2D eigenvalue weighted by Gasteiger charge is -2.08. The van der Waals surface area contributed by atoms with E-state index in [9.17, 15) is 9.59 Å². The van der Waals surface area contributed by atoms with Crippen LogP contribution >= 0.6 is 11.8 Å². The molecule has 0 saturated carbocycles. The summed E-state index contributed by atoms with van der Waals surface area (Å²) >= 11 is 1.54. The van der Waals surface area contributed by atoms with E-state index in [2.05, 4.69) is 45.7 Å². The maximum Gasteiger partial charge on any atom is 0.330 e. The van der Waals surface area contributed by atoms with Crippen LogP contribution in [0.1, 0.15) is 50.8 Å². The number of aromatic amines is 1. The zero-order valence-electron chi connectivity index (χ0n) is 19.2. The summed E-state index contributed by atoms with van der Waals surface area (Å²) in [6.07, 6.45) is 2.50. The summed E-state index contributed by atoms with van der Waals surface area (Å²) in [7, 11) is 0. The predicted octanol–water partition coefficient (Wildman–Crippen LogP) is 3.20. The molecule has 0 aliphatic carbocycles. The minimum atomic E-state index is -0.405. The Balaban J connectivity index is 1.64. The number of hydrogen-bond donors (Lipinski definition) is 1. The second-order valence-electron chi connectivity index (χ2n) is 7.80. The van der Waals surface area contributed by atoms with E-state index in [-0.39, 0.29) is 0 Å². The van der Waals surface area contributed by atoms with Crippen molar-refractivity contribution >= 4 is 22.9 Å². The number of unbranched alkanes of at least 4 members (excludes halogenated alkanes) is 1. The Hall–Kier alpha value is -3.14. The third-order valence-corrected chi connectivity index (χ3v) is 6.62. The Morgan fingerprint density at radius 1 is 0.939 bits per heavy atom. The molecule has 3 heterocycles. The van der Waals surface area contributed by atoms with Crippen molar-refractivity contribution in [3.63, 3.8) is 0 Å². The quantitative estimate of drug-likeness (QED) is 0.359. The lowest BCUT2D eigenvalue weighted by atomic mass is 10.1. The van der Waals surface area contributed by atoms with Crippen molar-refractivity contribution in [1.29, 1.82) is 0 Å². The molecule has 0 aliphatic heterocycles. The van der Waals surface area contributed by atoms with Crippen molar-refractivity contribution in [1.82, 2.24) is 33.9 Å². The van der Waals surface area contributed by atoms with Gasteiger partial charge in [-0.15, -0.1) is 10.2 Å². The maximum atomic E-state index is 12.6. The summed E-state index contributed by atoms with van der Waals surface area (Å²) in [6, 6.07) is 10.2. The minimum Gasteiger partial charge on any atom is -0.322 e. The van der Waals surface area contributed by atoms with Gasteiger partial charge in [-0.2, -0.15) is 0 Å². The first-order valence-corrected chi connectivity index (χ1v) is 12.4. The molecule has 1 aromatic carbocycles. The van der Waals surface area contributed by atoms with Gasteiger partial charge in [-0.05, 0) is 25.8 Å². The standard InChI is InChI=1S/C23H29N7O2S/c1-4-7-13-30-20-19(21(31)25-22(30)32)28(5-2)18(24-20)15-33-23-27-26-17(29(23)6-3)14-16-11-9-8-10-12-16/h8-12H,4-7,13-15H2,1-3H3,(H,25,31,32). The number of aromatic nitrogens is 7. The molecule has 174 valence electrons. The van der Waals surface area contributed by atoms with Crippen LogP contribution in [-0.4, -0.2) is 33.9 Å². The molecule has 0 spiro atoms. The average Bonchev–Trinajstić information content (AvgIpc) is 3.38. The van der Waals surface area contributed by atoms with Crippen molar-refractivity contribution in [3.8, 4) is 0 Å². The summed E-state index contributed by atoms with van der Waals surface area (Å²) in [4.78, 5) is 32.2. The minimum absolute atomic E-state index is 0.393. The molecule has 0 fully saturated rings. The topological polar surface area (TPSA) is 103 Å². The first kappa shape index (κ1) is 23.0. The number of H-pyrrole nitrogens is 1. The van der Waals surface area contributed by atoms with Gasteiger partial charge in [0.25, 0.3) is 5.56 Å². The molecule has 10 heteroatoms. The molecule has 4 rings (SSSR count). The fourth-order valence-electron chi connectivity index (χ4n) is 3.97. The molecule has 0 aliphatic rings. The molecule has 4 aromatic rings. The highest BCUT2D eigenvalue weighted by Crippen LogP contribution is 2.24. The number of fused-ring (bicyclic) bond motifs is 1. The van der Waals surface area contributed by atoms with Crippen LogP contribution in [0.2, 0.25) is 0 Å². The summed E-state index contributed by atoms with van der Waals surface area (Å²) in [5.41, 5.74) is 1.29. The van der Waals surface area contributed by atoms with Crippen molar-refractivity contribution in [2.75, 3.05) is 0 Å². The summed E-state index contributed by atoms with van der Waals surface area (Å²) in [5, 5.41) is 9.65. The van der Waals surface area contributed by atoms with Gasteiger partial charge >= 0.3 is 5.69 Å². The van der Waals surface area contributed by atoms with E-state index in [1.807, 2.05) is 29.7 Å².